The lowest BCUT2D eigenvalue weighted by Crippen LogP contribution is -2.40. The zero-order chi connectivity index (χ0) is 18.6. The first-order chi connectivity index (χ1) is 12.5. The van der Waals surface area contributed by atoms with Crippen molar-refractivity contribution in [2.45, 2.75) is 30.0 Å². The second kappa shape index (κ2) is 9.18. The fourth-order valence-electron chi connectivity index (χ4n) is 2.80. The molecule has 1 aliphatic rings. The largest absolute Gasteiger partial charge is 0.392 e. The lowest BCUT2D eigenvalue weighted by Gasteiger charge is -2.15. The summed E-state index contributed by atoms with van der Waals surface area (Å²) in [5.41, 5.74) is 1.06. The smallest absolute Gasteiger partial charge is 0.261 e. The van der Waals surface area contributed by atoms with Crippen LogP contribution in [0.1, 0.15) is 12.0 Å². The molecule has 1 heterocycles. The molecule has 1 aliphatic heterocycles. The van der Waals surface area contributed by atoms with Crippen LogP contribution < -0.4 is 15.4 Å². The van der Waals surface area contributed by atoms with Crippen molar-refractivity contribution in [2.24, 2.45) is 0 Å². The number of aliphatic hydroxyl groups is 1. The fraction of sp³-hybridized carbons (Fsp3) is 0.278. The molecule has 27 heavy (non-hydrogen) atoms. The number of benzene rings is 2. The highest BCUT2D eigenvalue weighted by Crippen LogP contribution is 2.20. The molecule has 1 fully saturated rings. The van der Waals surface area contributed by atoms with Gasteiger partial charge in [-0.1, -0.05) is 36.4 Å². The first kappa shape index (κ1) is 21.2. The van der Waals surface area contributed by atoms with Crippen LogP contribution in [0.4, 0.5) is 5.69 Å². The average molecular weight is 412 g/mol. The Labute approximate surface area is 164 Å². The molecule has 0 saturated carbocycles. The number of halogens is 1. The third-order valence-electron chi connectivity index (χ3n) is 4.19. The predicted octanol–water partition coefficient (Wildman–Crippen LogP) is 1.25. The Bertz CT molecular complexity index is 877. The minimum absolute atomic E-state index is 0. The van der Waals surface area contributed by atoms with Gasteiger partial charge in [-0.05, 0) is 30.2 Å². The monoisotopic (exact) mass is 411 g/mol. The minimum atomic E-state index is -3.71. The molecule has 146 valence electrons. The Morgan fingerprint density at radius 2 is 1.78 bits per heavy atom. The summed E-state index contributed by atoms with van der Waals surface area (Å²) in [6.07, 6.45) is -0.149. The highest BCUT2D eigenvalue weighted by molar-refractivity contribution is 7.92. The summed E-state index contributed by atoms with van der Waals surface area (Å²) in [6.45, 7) is 0.576. The van der Waals surface area contributed by atoms with Crippen molar-refractivity contribution in [3.63, 3.8) is 0 Å². The maximum absolute atomic E-state index is 12.5. The van der Waals surface area contributed by atoms with Gasteiger partial charge in [0.1, 0.15) is 0 Å². The van der Waals surface area contributed by atoms with Crippen molar-refractivity contribution in [3.8, 4) is 0 Å². The average Bonchev–Trinajstić information content (AvgIpc) is 3.08. The number of hydrogen-bond donors (Lipinski definition) is 4. The number of hydrogen-bond acceptors (Lipinski definition) is 5. The molecule has 0 aliphatic carbocycles. The first-order valence-corrected chi connectivity index (χ1v) is 9.79. The van der Waals surface area contributed by atoms with E-state index in [1.165, 1.54) is 12.1 Å². The van der Waals surface area contributed by atoms with E-state index in [-0.39, 0.29) is 29.8 Å². The van der Waals surface area contributed by atoms with Crippen LogP contribution in [0.15, 0.2) is 59.5 Å². The third kappa shape index (κ3) is 5.43. The molecule has 7 nitrogen and oxygen atoms in total. The number of rotatable bonds is 6. The van der Waals surface area contributed by atoms with Crippen LogP contribution in [0.2, 0.25) is 0 Å². The highest BCUT2D eigenvalue weighted by atomic mass is 35.5. The van der Waals surface area contributed by atoms with Crippen LogP contribution in [0, 0.1) is 0 Å². The minimum Gasteiger partial charge on any atom is -0.392 e. The lowest BCUT2D eigenvalue weighted by atomic mass is 10.1. The summed E-state index contributed by atoms with van der Waals surface area (Å²) in [4.78, 5) is 12.3. The lowest BCUT2D eigenvalue weighted by molar-refractivity contribution is -0.123. The summed E-state index contributed by atoms with van der Waals surface area (Å²) < 4.78 is 27.6. The maximum atomic E-state index is 12.5. The van der Waals surface area contributed by atoms with Gasteiger partial charge < -0.3 is 15.7 Å². The molecule has 3 rings (SSSR count). The van der Waals surface area contributed by atoms with E-state index in [1.54, 1.807) is 42.5 Å². The second-order valence-electron chi connectivity index (χ2n) is 6.14. The van der Waals surface area contributed by atoms with E-state index in [1.807, 2.05) is 0 Å². The number of carbonyl (C=O) groups is 1. The SMILES string of the molecule is Cl.O=C(NCc1ccccc1NS(=O)(=O)c1ccccc1)C1CC(O)CN1. The number of nitrogens with one attached hydrogen (secondary N) is 3. The van der Waals surface area contributed by atoms with Crippen LogP contribution >= 0.6 is 12.4 Å². The van der Waals surface area contributed by atoms with Gasteiger partial charge in [-0.15, -0.1) is 12.4 Å². The molecule has 0 bridgehead atoms. The molecular formula is C18H22ClN3O4S. The molecule has 1 saturated heterocycles. The molecule has 9 heteroatoms. The molecule has 2 aromatic rings. The quantitative estimate of drug-likeness (QED) is 0.572. The van der Waals surface area contributed by atoms with Crippen LogP contribution in [0.5, 0.6) is 0 Å². The fourth-order valence-corrected chi connectivity index (χ4v) is 3.92. The normalized spacial score (nSPS) is 19.1. The zero-order valence-electron chi connectivity index (χ0n) is 14.5. The Balaban J connectivity index is 0.00000261. The van der Waals surface area contributed by atoms with Gasteiger partial charge in [0.25, 0.3) is 10.0 Å². The Morgan fingerprint density at radius 1 is 1.11 bits per heavy atom. The molecule has 1 amide bonds. The van der Waals surface area contributed by atoms with E-state index in [0.29, 0.717) is 24.2 Å². The van der Waals surface area contributed by atoms with E-state index >= 15 is 0 Å². The van der Waals surface area contributed by atoms with Gasteiger partial charge >= 0.3 is 0 Å². The van der Waals surface area contributed by atoms with Crippen LogP contribution in [0.3, 0.4) is 0 Å². The summed E-state index contributed by atoms with van der Waals surface area (Å²) in [5.74, 6) is -0.220. The van der Waals surface area contributed by atoms with Gasteiger partial charge in [0, 0.05) is 13.1 Å². The number of aliphatic hydroxyl groups excluding tert-OH is 1. The highest BCUT2D eigenvalue weighted by Gasteiger charge is 2.27. The molecule has 0 aromatic heterocycles. The van der Waals surface area contributed by atoms with E-state index in [9.17, 15) is 18.3 Å². The number of carbonyl (C=O) groups excluding carboxylic acids is 1. The number of β-amino-alcohol motifs (C(OH)–C–C–N with tert-alkyl or cyclic N) is 1. The van der Waals surface area contributed by atoms with Gasteiger partial charge in [-0.2, -0.15) is 0 Å². The third-order valence-corrected chi connectivity index (χ3v) is 5.57. The summed E-state index contributed by atoms with van der Waals surface area (Å²) >= 11 is 0. The number of para-hydroxylation sites is 1. The predicted molar refractivity (Wildman–Crippen MR) is 105 cm³/mol. The van der Waals surface area contributed by atoms with Crippen molar-refractivity contribution < 1.29 is 18.3 Å². The van der Waals surface area contributed by atoms with Crippen molar-refractivity contribution in [1.82, 2.24) is 10.6 Å². The Hall–Kier alpha value is -2.13. The summed E-state index contributed by atoms with van der Waals surface area (Å²) in [7, 11) is -3.71. The first-order valence-electron chi connectivity index (χ1n) is 8.30. The number of anilines is 1. The maximum Gasteiger partial charge on any atom is 0.261 e. The Morgan fingerprint density at radius 3 is 2.44 bits per heavy atom. The summed E-state index contributed by atoms with van der Waals surface area (Å²) in [5, 5.41) is 15.2. The van der Waals surface area contributed by atoms with Gasteiger partial charge in [-0.25, -0.2) is 8.42 Å². The van der Waals surface area contributed by atoms with Gasteiger partial charge in [0.2, 0.25) is 5.91 Å². The van der Waals surface area contributed by atoms with Crippen LogP contribution in [-0.2, 0) is 21.4 Å². The Kier molecular flexibility index (Phi) is 7.20. The van der Waals surface area contributed by atoms with Crippen molar-refractivity contribution in [3.05, 3.63) is 60.2 Å². The van der Waals surface area contributed by atoms with Gasteiger partial charge in [0.15, 0.2) is 0 Å². The topological polar surface area (TPSA) is 108 Å². The molecule has 2 atom stereocenters. The van der Waals surface area contributed by atoms with E-state index in [4.69, 9.17) is 0 Å². The molecule has 0 radical (unpaired) electrons. The van der Waals surface area contributed by atoms with Gasteiger partial charge in [0.05, 0.1) is 22.7 Å². The molecule has 4 N–H and O–H groups in total. The number of sulfonamides is 1. The molecule has 2 aromatic carbocycles. The van der Waals surface area contributed by atoms with Crippen molar-refractivity contribution in [1.29, 1.82) is 0 Å². The summed E-state index contributed by atoms with van der Waals surface area (Å²) in [6, 6.07) is 14.6. The van der Waals surface area contributed by atoms with E-state index in [0.717, 1.165) is 0 Å². The molecular weight excluding hydrogens is 390 g/mol. The standard InChI is InChI=1S/C18H21N3O4S.ClH/c22-14-10-17(19-12-14)18(23)20-11-13-6-4-5-9-16(13)21-26(24,25)15-7-2-1-3-8-15;/h1-9,14,17,19,21-22H,10-12H2,(H,20,23);1H. The molecule has 2 unspecified atom stereocenters. The molecule has 0 spiro atoms. The van der Waals surface area contributed by atoms with Crippen LogP contribution in [-0.4, -0.2) is 38.1 Å². The van der Waals surface area contributed by atoms with Crippen LogP contribution in [0.25, 0.3) is 0 Å². The van der Waals surface area contributed by atoms with E-state index < -0.39 is 22.2 Å². The zero-order valence-corrected chi connectivity index (χ0v) is 16.1. The van der Waals surface area contributed by atoms with E-state index in [2.05, 4.69) is 15.4 Å². The second-order valence-corrected chi connectivity index (χ2v) is 7.83. The van der Waals surface area contributed by atoms with Crippen molar-refractivity contribution >= 4 is 34.0 Å². The number of amides is 1. The van der Waals surface area contributed by atoms with Gasteiger partial charge in [-0.3, -0.25) is 9.52 Å². The van der Waals surface area contributed by atoms with Crippen molar-refractivity contribution in [2.75, 3.05) is 11.3 Å².